The third kappa shape index (κ3) is 7.87. The van der Waals surface area contributed by atoms with Gasteiger partial charge in [-0.1, -0.05) is 64.7 Å². The van der Waals surface area contributed by atoms with Crippen LogP contribution in [0, 0.1) is 6.92 Å². The number of hydrogen-bond donors (Lipinski definition) is 1. The number of carbonyl (C=O) groups is 1. The fraction of sp³-hybridized carbons (Fsp3) is 0.700. The van der Waals surface area contributed by atoms with Crippen molar-refractivity contribution in [3.8, 4) is 5.75 Å². The van der Waals surface area contributed by atoms with Gasteiger partial charge < -0.3 is 8.93 Å². The third-order valence-electron chi connectivity index (χ3n) is 4.66. The Morgan fingerprint density at radius 1 is 1.04 bits per heavy atom. The second-order valence-corrected chi connectivity index (χ2v) is 7.15. The fourth-order valence-corrected chi connectivity index (χ4v) is 3.37. The van der Waals surface area contributed by atoms with E-state index in [1.165, 1.54) is 57.8 Å². The lowest BCUT2D eigenvalue weighted by Crippen LogP contribution is -2.06. The summed E-state index contributed by atoms with van der Waals surface area (Å²) in [5.41, 5.74) is 2.35. The van der Waals surface area contributed by atoms with E-state index in [2.05, 4.69) is 28.2 Å². The Morgan fingerprint density at radius 3 is 2.12 bits per heavy atom. The van der Waals surface area contributed by atoms with Gasteiger partial charge in [0.1, 0.15) is 5.75 Å². The Bertz CT molecular complexity index is 520. The zero-order chi connectivity index (χ0) is 18.5. The molecule has 1 aromatic rings. The van der Waals surface area contributed by atoms with Crippen molar-refractivity contribution in [2.45, 2.75) is 91.1 Å². The SMILES string of the molecule is CCCCCCCCCCCCc1nc(C)c(O)c(C=O)c1COBr. The van der Waals surface area contributed by atoms with Crippen molar-refractivity contribution >= 4 is 22.5 Å². The van der Waals surface area contributed by atoms with Crippen LogP contribution in [0.5, 0.6) is 5.75 Å². The molecule has 0 bridgehead atoms. The second kappa shape index (κ2) is 13.3. The van der Waals surface area contributed by atoms with Crippen LogP contribution in [0.1, 0.15) is 98.4 Å². The van der Waals surface area contributed by atoms with E-state index in [1.54, 1.807) is 6.92 Å². The summed E-state index contributed by atoms with van der Waals surface area (Å²) in [4.78, 5) is 15.8. The predicted molar refractivity (Wildman–Crippen MR) is 105 cm³/mol. The van der Waals surface area contributed by atoms with E-state index in [9.17, 15) is 9.90 Å². The Hall–Kier alpha value is -0.940. The number of carbonyl (C=O) groups excluding carboxylic acids is 1. The highest BCUT2D eigenvalue weighted by atomic mass is 79.9. The van der Waals surface area contributed by atoms with Crippen molar-refractivity contribution < 1.29 is 13.7 Å². The zero-order valence-electron chi connectivity index (χ0n) is 15.7. The van der Waals surface area contributed by atoms with Gasteiger partial charge in [0.15, 0.2) is 6.29 Å². The molecule has 5 heteroatoms. The summed E-state index contributed by atoms with van der Waals surface area (Å²) in [5, 5.41) is 10.0. The summed E-state index contributed by atoms with van der Waals surface area (Å²) in [5.74, 6) is -0.0404. The molecule has 0 spiro atoms. The first-order valence-corrected chi connectivity index (χ1v) is 10.2. The lowest BCUT2D eigenvalue weighted by molar-refractivity contribution is 0.111. The Kier molecular flexibility index (Phi) is 11.7. The van der Waals surface area contributed by atoms with Gasteiger partial charge in [-0.05, 0) is 19.8 Å². The lowest BCUT2D eigenvalue weighted by atomic mass is 10.00. The van der Waals surface area contributed by atoms with Crippen molar-refractivity contribution in [3.63, 3.8) is 0 Å². The molecular formula is C20H32BrNO3. The fourth-order valence-electron chi connectivity index (χ4n) is 3.15. The molecule has 1 heterocycles. The van der Waals surface area contributed by atoms with Crippen LogP contribution in [0.15, 0.2) is 0 Å². The molecule has 0 saturated carbocycles. The molecule has 142 valence electrons. The number of nitrogens with zero attached hydrogens (tertiary/aromatic N) is 1. The van der Waals surface area contributed by atoms with Gasteiger partial charge in [0.2, 0.25) is 0 Å². The number of pyridine rings is 1. The van der Waals surface area contributed by atoms with Gasteiger partial charge in [-0.15, -0.1) is 0 Å². The minimum atomic E-state index is -0.0404. The van der Waals surface area contributed by atoms with Gasteiger partial charge in [0.25, 0.3) is 0 Å². The molecule has 1 N–H and O–H groups in total. The van der Waals surface area contributed by atoms with E-state index in [0.717, 1.165) is 18.5 Å². The van der Waals surface area contributed by atoms with Gasteiger partial charge >= 0.3 is 0 Å². The van der Waals surface area contributed by atoms with Crippen LogP contribution in [0.3, 0.4) is 0 Å². The minimum absolute atomic E-state index is 0.0404. The molecule has 0 saturated heterocycles. The topological polar surface area (TPSA) is 59.4 Å². The van der Waals surface area contributed by atoms with Gasteiger partial charge in [0, 0.05) is 11.3 Å². The number of rotatable bonds is 14. The summed E-state index contributed by atoms with van der Waals surface area (Å²) >= 11 is 2.93. The van der Waals surface area contributed by atoms with Crippen LogP contribution in [0.2, 0.25) is 0 Å². The lowest BCUT2D eigenvalue weighted by Gasteiger charge is -2.13. The van der Waals surface area contributed by atoms with Crippen LogP contribution in [0.4, 0.5) is 0 Å². The number of aromatic nitrogens is 1. The quantitative estimate of drug-likeness (QED) is 0.291. The van der Waals surface area contributed by atoms with Crippen LogP contribution >= 0.6 is 16.3 Å². The van der Waals surface area contributed by atoms with E-state index in [-0.39, 0.29) is 12.4 Å². The van der Waals surface area contributed by atoms with Crippen molar-refractivity contribution in [1.29, 1.82) is 0 Å². The Balaban J connectivity index is 2.39. The Morgan fingerprint density at radius 2 is 1.60 bits per heavy atom. The first kappa shape index (κ1) is 22.1. The molecule has 0 fully saturated rings. The van der Waals surface area contributed by atoms with E-state index in [1.807, 2.05) is 0 Å². The first-order valence-electron chi connectivity index (χ1n) is 9.55. The third-order valence-corrected chi connectivity index (χ3v) is 4.89. The van der Waals surface area contributed by atoms with Gasteiger partial charge in [0.05, 0.1) is 34.1 Å². The second-order valence-electron chi connectivity index (χ2n) is 6.69. The summed E-state index contributed by atoms with van der Waals surface area (Å²) < 4.78 is 5.01. The number of hydrogen-bond acceptors (Lipinski definition) is 4. The molecule has 0 aromatic carbocycles. The van der Waals surface area contributed by atoms with Crippen LogP contribution in [-0.4, -0.2) is 16.4 Å². The standard InChI is InChI=1S/C20H32BrNO3/c1-3-4-5-6-7-8-9-10-11-12-13-19-18(15-25-21)17(14-23)20(24)16(2)22-19/h14,24H,3-13,15H2,1-2H3. The average molecular weight is 414 g/mol. The number of aldehydes is 1. The zero-order valence-corrected chi connectivity index (χ0v) is 17.2. The smallest absolute Gasteiger partial charge is 0.154 e. The highest BCUT2D eigenvalue weighted by molar-refractivity contribution is 9.06. The number of aromatic hydroxyl groups is 1. The largest absolute Gasteiger partial charge is 0.505 e. The molecule has 0 radical (unpaired) electrons. The predicted octanol–water partition coefficient (Wildman–Crippen LogP) is 6.20. The maximum absolute atomic E-state index is 11.3. The highest BCUT2D eigenvalue weighted by Gasteiger charge is 2.16. The minimum Gasteiger partial charge on any atom is -0.505 e. The van der Waals surface area contributed by atoms with Crippen molar-refractivity contribution in [2.75, 3.05) is 0 Å². The van der Waals surface area contributed by atoms with E-state index in [0.29, 0.717) is 23.1 Å². The molecule has 25 heavy (non-hydrogen) atoms. The molecule has 0 unspecified atom stereocenters. The van der Waals surface area contributed by atoms with E-state index >= 15 is 0 Å². The monoisotopic (exact) mass is 413 g/mol. The first-order chi connectivity index (χ1) is 12.2. The Labute approximate surface area is 160 Å². The highest BCUT2D eigenvalue weighted by Crippen LogP contribution is 2.27. The van der Waals surface area contributed by atoms with Gasteiger partial charge in [-0.3, -0.25) is 9.78 Å². The van der Waals surface area contributed by atoms with Crippen molar-refractivity contribution in [2.24, 2.45) is 0 Å². The molecular weight excluding hydrogens is 382 g/mol. The van der Waals surface area contributed by atoms with Crippen LogP contribution in [-0.2, 0) is 16.9 Å². The van der Waals surface area contributed by atoms with Gasteiger partial charge in [-0.25, -0.2) is 0 Å². The van der Waals surface area contributed by atoms with Gasteiger partial charge in [-0.2, -0.15) is 0 Å². The molecule has 1 aromatic heterocycles. The summed E-state index contributed by atoms with van der Waals surface area (Å²) in [7, 11) is 0. The maximum atomic E-state index is 11.3. The molecule has 0 aliphatic rings. The summed E-state index contributed by atoms with van der Waals surface area (Å²) in [6.45, 7) is 4.20. The molecule has 0 aliphatic carbocycles. The van der Waals surface area contributed by atoms with Crippen molar-refractivity contribution in [3.05, 3.63) is 22.5 Å². The maximum Gasteiger partial charge on any atom is 0.154 e. The number of unbranched alkanes of at least 4 members (excludes halogenated alkanes) is 9. The summed E-state index contributed by atoms with van der Waals surface area (Å²) in [6.07, 6.45) is 14.3. The van der Waals surface area contributed by atoms with E-state index in [4.69, 9.17) is 3.83 Å². The molecule has 0 amide bonds. The number of halogens is 1. The molecule has 4 nitrogen and oxygen atoms in total. The molecule has 0 aliphatic heterocycles. The summed E-state index contributed by atoms with van der Waals surface area (Å²) in [6, 6.07) is 0. The normalized spacial score (nSPS) is 11.0. The van der Waals surface area contributed by atoms with Crippen LogP contribution in [0.25, 0.3) is 0 Å². The number of aryl methyl sites for hydroxylation is 2. The van der Waals surface area contributed by atoms with Crippen molar-refractivity contribution in [1.82, 2.24) is 4.98 Å². The van der Waals surface area contributed by atoms with Crippen LogP contribution < -0.4 is 0 Å². The molecule has 1 rings (SSSR count). The average Bonchev–Trinajstić information content (AvgIpc) is 2.61. The molecule has 0 atom stereocenters. The van der Waals surface area contributed by atoms with E-state index < -0.39 is 0 Å².